The summed E-state index contributed by atoms with van der Waals surface area (Å²) in [6.45, 7) is 0.360. The number of hydrogen-bond acceptors (Lipinski definition) is 2. The van der Waals surface area contributed by atoms with Crippen molar-refractivity contribution in [3.63, 3.8) is 0 Å². The molecule has 0 radical (unpaired) electrons. The third-order valence-electron chi connectivity index (χ3n) is 3.52. The van der Waals surface area contributed by atoms with Gasteiger partial charge in [0.05, 0.1) is 11.6 Å². The number of likely N-dealkylation sites (N-methyl/N-ethyl adjacent to an activating group) is 1. The normalized spacial score (nSPS) is 12.3. The SMILES string of the molecule is CN(C)[C@H](CNC(=O)c1cc(F)ccc1Br)c1ccccc1Cl. The van der Waals surface area contributed by atoms with Crippen molar-refractivity contribution in [2.45, 2.75) is 6.04 Å². The Morgan fingerprint density at radius 1 is 1.30 bits per heavy atom. The lowest BCUT2D eigenvalue weighted by Gasteiger charge is -2.26. The predicted octanol–water partition coefficient (Wildman–Crippen LogP) is 4.27. The molecule has 0 aromatic heterocycles. The fraction of sp³-hybridized carbons (Fsp3) is 0.235. The molecule has 1 amide bonds. The monoisotopic (exact) mass is 398 g/mol. The van der Waals surface area contributed by atoms with Crippen molar-refractivity contribution < 1.29 is 9.18 Å². The van der Waals surface area contributed by atoms with Gasteiger partial charge in [-0.25, -0.2) is 4.39 Å². The van der Waals surface area contributed by atoms with Gasteiger partial charge in [-0.15, -0.1) is 0 Å². The standard InChI is InChI=1S/C17H17BrClFN2O/c1-22(2)16(12-5-3-4-6-15(12)19)10-21-17(23)13-9-11(20)7-8-14(13)18/h3-9,16H,10H2,1-2H3,(H,21,23)/t16-/m1/s1. The van der Waals surface area contributed by atoms with Gasteiger partial charge in [0.15, 0.2) is 0 Å². The van der Waals surface area contributed by atoms with E-state index >= 15 is 0 Å². The lowest BCUT2D eigenvalue weighted by atomic mass is 10.1. The fourth-order valence-corrected chi connectivity index (χ4v) is 2.96. The summed E-state index contributed by atoms with van der Waals surface area (Å²) in [7, 11) is 3.83. The van der Waals surface area contributed by atoms with Gasteiger partial charge in [-0.2, -0.15) is 0 Å². The second kappa shape index (κ2) is 7.90. The summed E-state index contributed by atoms with van der Waals surface area (Å²) in [6, 6.07) is 11.5. The molecule has 0 aliphatic rings. The van der Waals surface area contributed by atoms with Gasteiger partial charge in [0, 0.05) is 16.0 Å². The Morgan fingerprint density at radius 2 is 2.00 bits per heavy atom. The zero-order valence-corrected chi connectivity index (χ0v) is 15.2. The molecular weight excluding hydrogens is 383 g/mol. The van der Waals surface area contributed by atoms with Gasteiger partial charge >= 0.3 is 0 Å². The largest absolute Gasteiger partial charge is 0.350 e. The van der Waals surface area contributed by atoms with Gasteiger partial charge in [0.1, 0.15) is 5.82 Å². The molecule has 2 aromatic carbocycles. The number of carbonyl (C=O) groups excluding carboxylic acids is 1. The predicted molar refractivity (Wildman–Crippen MR) is 94.3 cm³/mol. The van der Waals surface area contributed by atoms with Crippen LogP contribution in [0.5, 0.6) is 0 Å². The van der Waals surface area contributed by atoms with Crippen LogP contribution >= 0.6 is 27.5 Å². The van der Waals surface area contributed by atoms with Crippen molar-refractivity contribution in [2.24, 2.45) is 0 Å². The highest BCUT2D eigenvalue weighted by Crippen LogP contribution is 2.25. The van der Waals surface area contributed by atoms with E-state index in [4.69, 9.17) is 11.6 Å². The van der Waals surface area contributed by atoms with Gasteiger partial charge in [0.2, 0.25) is 0 Å². The van der Waals surface area contributed by atoms with Crippen LogP contribution < -0.4 is 5.32 Å². The van der Waals surface area contributed by atoms with Crippen molar-refractivity contribution in [3.05, 3.63) is 68.9 Å². The Morgan fingerprint density at radius 3 is 2.65 bits per heavy atom. The van der Waals surface area contributed by atoms with Crippen LogP contribution in [0.25, 0.3) is 0 Å². The number of carbonyl (C=O) groups is 1. The topological polar surface area (TPSA) is 32.3 Å². The molecule has 0 spiro atoms. The minimum Gasteiger partial charge on any atom is -0.350 e. The Labute approximate surface area is 148 Å². The summed E-state index contributed by atoms with van der Waals surface area (Å²) in [6.07, 6.45) is 0. The second-order valence-corrected chi connectivity index (χ2v) is 6.60. The quantitative estimate of drug-likeness (QED) is 0.814. The van der Waals surface area contributed by atoms with Crippen LogP contribution in [0.1, 0.15) is 22.0 Å². The minimum atomic E-state index is -0.450. The molecule has 0 unspecified atom stereocenters. The molecule has 2 aromatic rings. The molecular formula is C17H17BrClFN2O. The molecule has 0 saturated heterocycles. The van der Waals surface area contributed by atoms with Gasteiger partial charge < -0.3 is 10.2 Å². The highest BCUT2D eigenvalue weighted by atomic mass is 79.9. The second-order valence-electron chi connectivity index (χ2n) is 5.34. The minimum absolute atomic E-state index is 0.0833. The zero-order valence-electron chi connectivity index (χ0n) is 12.8. The molecule has 0 bridgehead atoms. The Kier molecular flexibility index (Phi) is 6.16. The Balaban J connectivity index is 2.15. The van der Waals surface area contributed by atoms with E-state index in [-0.39, 0.29) is 17.5 Å². The van der Waals surface area contributed by atoms with E-state index in [9.17, 15) is 9.18 Å². The molecule has 0 aliphatic carbocycles. The summed E-state index contributed by atoms with van der Waals surface area (Å²) in [5, 5.41) is 3.48. The number of rotatable bonds is 5. The van der Waals surface area contributed by atoms with Crippen molar-refractivity contribution in [1.29, 1.82) is 0 Å². The fourth-order valence-electron chi connectivity index (χ4n) is 2.27. The first kappa shape index (κ1) is 17.9. The van der Waals surface area contributed by atoms with Crippen molar-refractivity contribution in [2.75, 3.05) is 20.6 Å². The molecule has 6 heteroatoms. The number of benzene rings is 2. The van der Waals surface area contributed by atoms with Crippen LogP contribution in [0, 0.1) is 5.82 Å². The van der Waals surface area contributed by atoms with E-state index in [1.165, 1.54) is 18.2 Å². The summed E-state index contributed by atoms with van der Waals surface area (Å²) >= 11 is 9.51. The summed E-state index contributed by atoms with van der Waals surface area (Å²) < 4.78 is 13.9. The lowest BCUT2D eigenvalue weighted by Crippen LogP contribution is -2.34. The van der Waals surface area contributed by atoms with Gasteiger partial charge in [-0.3, -0.25) is 4.79 Å². The average Bonchev–Trinajstić information content (AvgIpc) is 2.51. The molecule has 0 fully saturated rings. The number of hydrogen-bond donors (Lipinski definition) is 1. The number of halogens is 3. The third kappa shape index (κ3) is 4.53. The van der Waals surface area contributed by atoms with E-state index in [1.807, 2.05) is 43.3 Å². The van der Waals surface area contributed by atoms with Crippen LogP contribution in [0.15, 0.2) is 46.9 Å². The van der Waals surface area contributed by atoms with Crippen molar-refractivity contribution in [1.82, 2.24) is 10.2 Å². The van der Waals surface area contributed by atoms with Crippen LogP contribution in [0.4, 0.5) is 4.39 Å². The van der Waals surface area contributed by atoms with Gasteiger partial charge in [0.25, 0.3) is 5.91 Å². The molecule has 1 N–H and O–H groups in total. The van der Waals surface area contributed by atoms with Gasteiger partial charge in [-0.05, 0) is 59.9 Å². The molecule has 3 nitrogen and oxygen atoms in total. The summed E-state index contributed by atoms with van der Waals surface area (Å²) in [4.78, 5) is 14.3. The smallest absolute Gasteiger partial charge is 0.252 e. The highest BCUT2D eigenvalue weighted by Gasteiger charge is 2.19. The van der Waals surface area contributed by atoms with Crippen LogP contribution in [-0.4, -0.2) is 31.4 Å². The molecule has 2 rings (SSSR count). The van der Waals surface area contributed by atoms with E-state index in [0.29, 0.717) is 16.0 Å². The third-order valence-corrected chi connectivity index (χ3v) is 4.55. The van der Waals surface area contributed by atoms with Crippen LogP contribution in [-0.2, 0) is 0 Å². The maximum absolute atomic E-state index is 13.3. The van der Waals surface area contributed by atoms with Gasteiger partial charge in [-0.1, -0.05) is 29.8 Å². The number of amides is 1. The van der Waals surface area contributed by atoms with Crippen LogP contribution in [0.2, 0.25) is 5.02 Å². The molecule has 0 saturated carbocycles. The lowest BCUT2D eigenvalue weighted by molar-refractivity contribution is 0.0940. The molecule has 1 atom stereocenters. The Bertz CT molecular complexity index is 709. The Hall–Kier alpha value is -1.43. The first-order valence-corrected chi connectivity index (χ1v) is 8.21. The molecule has 23 heavy (non-hydrogen) atoms. The van der Waals surface area contributed by atoms with E-state index in [0.717, 1.165) is 5.56 Å². The molecule has 0 aliphatic heterocycles. The average molecular weight is 400 g/mol. The molecule has 0 heterocycles. The van der Waals surface area contributed by atoms with E-state index in [1.54, 1.807) is 0 Å². The van der Waals surface area contributed by atoms with Crippen molar-refractivity contribution in [3.8, 4) is 0 Å². The molecule has 122 valence electrons. The highest BCUT2D eigenvalue weighted by molar-refractivity contribution is 9.10. The first-order chi connectivity index (χ1) is 10.9. The maximum Gasteiger partial charge on any atom is 0.252 e. The zero-order chi connectivity index (χ0) is 17.0. The van der Waals surface area contributed by atoms with E-state index < -0.39 is 5.82 Å². The maximum atomic E-state index is 13.3. The van der Waals surface area contributed by atoms with Crippen molar-refractivity contribution >= 4 is 33.4 Å². The number of nitrogens with zero attached hydrogens (tertiary/aromatic N) is 1. The first-order valence-electron chi connectivity index (χ1n) is 7.04. The summed E-state index contributed by atoms with van der Waals surface area (Å²) in [5.74, 6) is -0.788. The van der Waals surface area contributed by atoms with E-state index in [2.05, 4.69) is 21.2 Å². The number of nitrogens with one attached hydrogen (secondary N) is 1. The van der Waals surface area contributed by atoms with Crippen LogP contribution in [0.3, 0.4) is 0 Å². The summed E-state index contributed by atoms with van der Waals surface area (Å²) in [5.41, 5.74) is 1.19.